The summed E-state index contributed by atoms with van der Waals surface area (Å²) < 4.78 is 12.4. The number of aromatic nitrogens is 1. The van der Waals surface area contributed by atoms with Crippen molar-refractivity contribution in [3.63, 3.8) is 0 Å². The van der Waals surface area contributed by atoms with Crippen molar-refractivity contribution in [2.75, 3.05) is 14.2 Å². The molecule has 2 heterocycles. The predicted octanol–water partition coefficient (Wildman–Crippen LogP) is 4.11. The van der Waals surface area contributed by atoms with Crippen molar-refractivity contribution in [2.24, 2.45) is 4.99 Å². The summed E-state index contributed by atoms with van der Waals surface area (Å²) in [5.74, 6) is -0.0990. The number of methoxy groups -OCH3 is 2. The molecule has 1 aromatic heterocycles. The van der Waals surface area contributed by atoms with Gasteiger partial charge in [0.2, 0.25) is 0 Å². The molecular formula is C24H20Cl2N2O4S. The highest BCUT2D eigenvalue weighted by Crippen LogP contribution is 2.33. The first-order valence-electron chi connectivity index (χ1n) is 10.1. The number of benzene rings is 2. The summed E-state index contributed by atoms with van der Waals surface area (Å²) in [5.41, 5.74) is 2.01. The van der Waals surface area contributed by atoms with Crippen LogP contribution in [0.1, 0.15) is 30.5 Å². The maximum atomic E-state index is 13.6. The normalized spacial score (nSPS) is 15.8. The van der Waals surface area contributed by atoms with Gasteiger partial charge in [-0.05, 0) is 30.2 Å². The Morgan fingerprint density at radius 2 is 1.94 bits per heavy atom. The van der Waals surface area contributed by atoms with Crippen molar-refractivity contribution in [3.8, 4) is 5.75 Å². The molecule has 4 rings (SSSR count). The summed E-state index contributed by atoms with van der Waals surface area (Å²) in [6.45, 7) is 1.91. The number of nitrogens with zero attached hydrogens (tertiary/aromatic N) is 2. The standard InChI is InChI=1S/C24H20Cl2N2O4S/c1-4-17-19(23(30)32-3)20(13-8-6-5-7-9-13)28-22(29)18(33-24(28)27-17)11-14-10-15(25)12-16(26)21(14)31-2/h5-12,20H,4H2,1-3H3/b18-11+/t20-/m1/s1. The third-order valence-electron chi connectivity index (χ3n) is 5.29. The first-order chi connectivity index (χ1) is 15.9. The molecule has 0 fully saturated rings. The molecule has 0 unspecified atom stereocenters. The van der Waals surface area contributed by atoms with Crippen LogP contribution in [0.15, 0.2) is 63.5 Å². The second-order valence-corrected chi connectivity index (χ2v) is 9.06. The summed E-state index contributed by atoms with van der Waals surface area (Å²) >= 11 is 13.7. The number of fused-ring (bicyclic) bond motifs is 1. The second-order valence-electron chi connectivity index (χ2n) is 7.21. The molecule has 0 radical (unpaired) electrons. The number of hydrogen-bond donors (Lipinski definition) is 0. The Labute approximate surface area is 204 Å². The van der Waals surface area contributed by atoms with Gasteiger partial charge in [-0.2, -0.15) is 0 Å². The molecule has 170 valence electrons. The fraction of sp³-hybridized carbons (Fsp3) is 0.208. The highest BCUT2D eigenvalue weighted by Gasteiger charge is 2.33. The summed E-state index contributed by atoms with van der Waals surface area (Å²) in [6.07, 6.45) is 2.19. The van der Waals surface area contributed by atoms with Gasteiger partial charge >= 0.3 is 5.97 Å². The molecule has 3 aromatic rings. The van der Waals surface area contributed by atoms with Gasteiger partial charge in [0.05, 0.1) is 41.1 Å². The van der Waals surface area contributed by atoms with E-state index >= 15 is 0 Å². The first kappa shape index (κ1) is 23.3. The summed E-state index contributed by atoms with van der Waals surface area (Å²) in [5, 5.41) is 0.760. The van der Waals surface area contributed by atoms with Crippen molar-refractivity contribution in [1.82, 2.24) is 4.57 Å². The third kappa shape index (κ3) is 4.24. The number of ether oxygens (including phenoxy) is 2. The minimum Gasteiger partial charge on any atom is -0.495 e. The van der Waals surface area contributed by atoms with Crippen molar-refractivity contribution < 1.29 is 14.3 Å². The highest BCUT2D eigenvalue weighted by molar-refractivity contribution is 7.07. The van der Waals surface area contributed by atoms with Crippen LogP contribution in [0, 0.1) is 0 Å². The Morgan fingerprint density at radius 3 is 2.58 bits per heavy atom. The van der Waals surface area contributed by atoms with E-state index in [0.29, 0.717) is 48.4 Å². The van der Waals surface area contributed by atoms with Crippen LogP contribution in [0.5, 0.6) is 5.75 Å². The molecule has 0 aliphatic carbocycles. The molecule has 2 aromatic carbocycles. The molecule has 1 aliphatic rings. The fourth-order valence-electron chi connectivity index (χ4n) is 3.86. The summed E-state index contributed by atoms with van der Waals surface area (Å²) in [6, 6.07) is 12.0. The number of carbonyl (C=O) groups excluding carboxylic acids is 1. The number of hydrogen-bond acceptors (Lipinski definition) is 6. The molecule has 33 heavy (non-hydrogen) atoms. The van der Waals surface area contributed by atoms with Crippen molar-refractivity contribution in [3.05, 3.63) is 94.6 Å². The minimum absolute atomic E-state index is 0.290. The van der Waals surface area contributed by atoms with E-state index in [0.717, 1.165) is 5.56 Å². The van der Waals surface area contributed by atoms with Crippen molar-refractivity contribution in [1.29, 1.82) is 0 Å². The largest absolute Gasteiger partial charge is 0.495 e. The van der Waals surface area contributed by atoms with Gasteiger partial charge in [-0.1, -0.05) is 71.8 Å². The summed E-state index contributed by atoms with van der Waals surface area (Å²) in [7, 11) is 2.82. The Kier molecular flexibility index (Phi) is 6.74. The van der Waals surface area contributed by atoms with Gasteiger partial charge in [-0.3, -0.25) is 9.36 Å². The lowest BCUT2D eigenvalue weighted by Gasteiger charge is -2.25. The van der Waals surface area contributed by atoms with E-state index < -0.39 is 12.0 Å². The number of esters is 1. The van der Waals surface area contributed by atoms with Crippen molar-refractivity contribution >= 4 is 46.6 Å². The van der Waals surface area contributed by atoms with Gasteiger partial charge in [-0.15, -0.1) is 0 Å². The average Bonchev–Trinajstić information content (AvgIpc) is 3.12. The first-order valence-corrected chi connectivity index (χ1v) is 11.7. The SMILES string of the molecule is CCC1=C(C(=O)OC)[C@@H](c2ccccc2)n2c(s/c(=C/c3cc(Cl)cc(Cl)c3OC)c2=O)=N1. The lowest BCUT2D eigenvalue weighted by atomic mass is 9.95. The maximum absolute atomic E-state index is 13.6. The zero-order chi connectivity index (χ0) is 23.7. The van der Waals surface area contributed by atoms with E-state index in [1.165, 1.54) is 30.1 Å². The molecule has 9 heteroatoms. The van der Waals surface area contributed by atoms with Crippen LogP contribution in [0.3, 0.4) is 0 Å². The highest BCUT2D eigenvalue weighted by atomic mass is 35.5. The average molecular weight is 503 g/mol. The topological polar surface area (TPSA) is 69.9 Å². The number of thiazole rings is 1. The second kappa shape index (κ2) is 9.55. The Hall–Kier alpha value is -2.87. The van der Waals surface area contributed by atoms with E-state index in [-0.39, 0.29) is 5.56 Å². The van der Waals surface area contributed by atoms with E-state index in [4.69, 9.17) is 32.7 Å². The van der Waals surface area contributed by atoms with Gasteiger partial charge in [0.15, 0.2) is 4.80 Å². The number of carbonyl (C=O) groups is 1. The zero-order valence-corrected chi connectivity index (χ0v) is 20.4. The van der Waals surface area contributed by atoms with Gasteiger partial charge < -0.3 is 9.47 Å². The molecule has 6 nitrogen and oxygen atoms in total. The molecule has 1 atom stereocenters. The van der Waals surface area contributed by atoms with E-state index in [1.807, 2.05) is 37.3 Å². The van der Waals surface area contributed by atoms with Gasteiger partial charge in [0.1, 0.15) is 5.75 Å². The van der Waals surface area contributed by atoms with Gasteiger partial charge in [-0.25, -0.2) is 9.79 Å². The van der Waals surface area contributed by atoms with Crippen LogP contribution in [-0.4, -0.2) is 24.8 Å². The van der Waals surface area contributed by atoms with Crippen LogP contribution in [0.4, 0.5) is 0 Å². The Bertz CT molecular complexity index is 1440. The number of allylic oxidation sites excluding steroid dienone is 1. The van der Waals surface area contributed by atoms with Crippen LogP contribution >= 0.6 is 34.5 Å². The molecule has 0 saturated carbocycles. The molecule has 0 saturated heterocycles. The lowest BCUT2D eigenvalue weighted by molar-refractivity contribution is -0.136. The molecule has 0 spiro atoms. The monoisotopic (exact) mass is 502 g/mol. The quantitative estimate of drug-likeness (QED) is 0.492. The third-order valence-corrected chi connectivity index (χ3v) is 6.78. The molecule has 0 amide bonds. The Morgan fingerprint density at radius 1 is 1.21 bits per heavy atom. The van der Waals surface area contributed by atoms with E-state index in [1.54, 1.807) is 18.2 Å². The van der Waals surface area contributed by atoms with Crippen LogP contribution in [-0.2, 0) is 9.53 Å². The Balaban J connectivity index is 2.03. The van der Waals surface area contributed by atoms with E-state index in [2.05, 4.69) is 4.99 Å². The number of rotatable bonds is 5. The van der Waals surface area contributed by atoms with Crippen LogP contribution in [0.25, 0.3) is 6.08 Å². The van der Waals surface area contributed by atoms with Crippen molar-refractivity contribution in [2.45, 2.75) is 19.4 Å². The van der Waals surface area contributed by atoms with E-state index in [9.17, 15) is 9.59 Å². The van der Waals surface area contributed by atoms with Gasteiger partial charge in [0.25, 0.3) is 5.56 Å². The van der Waals surface area contributed by atoms with Crippen LogP contribution in [0.2, 0.25) is 10.0 Å². The zero-order valence-electron chi connectivity index (χ0n) is 18.1. The van der Waals surface area contributed by atoms with Gasteiger partial charge in [0, 0.05) is 10.6 Å². The fourth-order valence-corrected chi connectivity index (χ4v) is 5.46. The smallest absolute Gasteiger partial charge is 0.338 e. The predicted molar refractivity (Wildman–Crippen MR) is 130 cm³/mol. The number of halogens is 2. The molecule has 0 bridgehead atoms. The lowest BCUT2D eigenvalue weighted by Crippen LogP contribution is -2.40. The maximum Gasteiger partial charge on any atom is 0.338 e. The summed E-state index contributed by atoms with van der Waals surface area (Å²) in [4.78, 5) is 31.6. The van der Waals surface area contributed by atoms with Crippen LogP contribution < -0.4 is 19.6 Å². The molecule has 0 N–H and O–H groups in total. The molecule has 1 aliphatic heterocycles. The molecular weight excluding hydrogens is 483 g/mol. The minimum atomic E-state index is -0.656.